The van der Waals surface area contributed by atoms with Gasteiger partial charge in [-0.05, 0) is 35.4 Å². The number of phenolic OH excluding ortho intramolecular Hbond substituents is 1. The van der Waals surface area contributed by atoms with Crippen molar-refractivity contribution < 1.29 is 14.6 Å². The van der Waals surface area contributed by atoms with Crippen LogP contribution in [0.4, 0.5) is 0 Å². The molecular formula is C16H14N4O3. The van der Waals surface area contributed by atoms with Crippen LogP contribution in [0.15, 0.2) is 42.5 Å². The van der Waals surface area contributed by atoms with Crippen LogP contribution in [0.5, 0.6) is 11.5 Å². The number of nitrogens with zero attached hydrogens (tertiary/aromatic N) is 2. The molecule has 0 saturated heterocycles. The maximum atomic E-state index is 11.4. The zero-order chi connectivity index (χ0) is 16.4. The number of benzene rings is 2. The number of aromatic amines is 1. The number of methoxy groups -OCH3 is 1. The van der Waals surface area contributed by atoms with Gasteiger partial charge in [-0.2, -0.15) is 15.4 Å². The van der Waals surface area contributed by atoms with E-state index in [2.05, 4.69) is 15.4 Å². The number of carbonyl (C=O) groups is 1. The number of carbonyl (C=O) groups excluding carboxylic acids is 1. The molecule has 4 N–H and O–H groups in total. The molecule has 3 aromatic rings. The third-order valence-electron chi connectivity index (χ3n) is 3.46. The van der Waals surface area contributed by atoms with E-state index in [9.17, 15) is 9.90 Å². The summed E-state index contributed by atoms with van der Waals surface area (Å²) in [5, 5.41) is 20.1. The second kappa shape index (κ2) is 5.80. The first kappa shape index (κ1) is 14.6. The van der Waals surface area contributed by atoms with Crippen LogP contribution in [-0.4, -0.2) is 33.5 Å². The number of hydrogen-bond donors (Lipinski definition) is 3. The molecule has 1 aromatic heterocycles. The molecule has 0 fully saturated rings. The molecule has 23 heavy (non-hydrogen) atoms. The molecular weight excluding hydrogens is 296 g/mol. The number of aromatic nitrogens is 3. The molecule has 7 nitrogen and oxygen atoms in total. The molecule has 3 rings (SSSR count). The lowest BCUT2D eigenvalue weighted by Gasteiger charge is -2.08. The zero-order valence-corrected chi connectivity index (χ0v) is 12.3. The predicted molar refractivity (Wildman–Crippen MR) is 84.0 cm³/mol. The largest absolute Gasteiger partial charge is 0.507 e. The van der Waals surface area contributed by atoms with Gasteiger partial charge < -0.3 is 15.6 Å². The summed E-state index contributed by atoms with van der Waals surface area (Å²) in [7, 11) is 1.60. The van der Waals surface area contributed by atoms with Crippen molar-refractivity contribution in [2.45, 2.75) is 0 Å². The summed E-state index contributed by atoms with van der Waals surface area (Å²) >= 11 is 0. The van der Waals surface area contributed by atoms with Crippen molar-refractivity contribution in [1.29, 1.82) is 0 Å². The maximum absolute atomic E-state index is 11.4. The van der Waals surface area contributed by atoms with Gasteiger partial charge in [-0.3, -0.25) is 4.79 Å². The number of primary amides is 1. The highest BCUT2D eigenvalue weighted by Crippen LogP contribution is 2.34. The molecule has 1 heterocycles. The number of nitrogens with one attached hydrogen (secondary N) is 1. The molecule has 0 atom stereocenters. The van der Waals surface area contributed by atoms with Gasteiger partial charge in [0, 0.05) is 5.56 Å². The van der Waals surface area contributed by atoms with Crippen LogP contribution in [-0.2, 0) is 0 Å². The Morgan fingerprint density at radius 3 is 2.48 bits per heavy atom. The standard InChI is InChI=1S/C16H14N4O3/c1-23-11-5-2-9(3-6-11)10-4-7-13(21)12(8-10)14-15(16(17)22)19-20-18-14/h2-8,21H,1H3,(H2,17,22)(H,18,19,20). The Labute approximate surface area is 131 Å². The van der Waals surface area contributed by atoms with Gasteiger partial charge in [0.1, 0.15) is 17.2 Å². The Morgan fingerprint density at radius 1 is 1.13 bits per heavy atom. The highest BCUT2D eigenvalue weighted by Gasteiger charge is 2.18. The minimum atomic E-state index is -0.719. The number of aromatic hydroxyl groups is 1. The van der Waals surface area contributed by atoms with Gasteiger partial charge in [-0.25, -0.2) is 0 Å². The zero-order valence-electron chi connectivity index (χ0n) is 12.3. The predicted octanol–water partition coefficient (Wildman–Crippen LogP) is 1.95. The normalized spacial score (nSPS) is 10.5. The summed E-state index contributed by atoms with van der Waals surface area (Å²) in [5.41, 5.74) is 7.61. The van der Waals surface area contributed by atoms with Crippen LogP contribution in [0.1, 0.15) is 10.5 Å². The van der Waals surface area contributed by atoms with Crippen molar-refractivity contribution in [2.24, 2.45) is 5.73 Å². The quantitative estimate of drug-likeness (QED) is 0.681. The van der Waals surface area contributed by atoms with E-state index < -0.39 is 5.91 Å². The van der Waals surface area contributed by atoms with Crippen molar-refractivity contribution in [3.8, 4) is 33.9 Å². The van der Waals surface area contributed by atoms with E-state index >= 15 is 0 Å². The fourth-order valence-corrected chi connectivity index (χ4v) is 2.28. The lowest BCUT2D eigenvalue weighted by molar-refractivity contribution is 0.0996. The van der Waals surface area contributed by atoms with Gasteiger partial charge in [0.25, 0.3) is 5.91 Å². The Bertz CT molecular complexity index is 856. The summed E-state index contributed by atoms with van der Waals surface area (Å²) in [5.74, 6) is 0.0157. The lowest BCUT2D eigenvalue weighted by Crippen LogP contribution is -2.12. The van der Waals surface area contributed by atoms with E-state index in [1.165, 1.54) is 6.07 Å². The second-order valence-corrected chi connectivity index (χ2v) is 4.85. The molecule has 0 spiro atoms. The average Bonchev–Trinajstić information content (AvgIpc) is 3.05. The highest BCUT2D eigenvalue weighted by molar-refractivity contribution is 5.97. The topological polar surface area (TPSA) is 114 Å². The van der Waals surface area contributed by atoms with Gasteiger partial charge >= 0.3 is 0 Å². The van der Waals surface area contributed by atoms with Crippen molar-refractivity contribution in [2.75, 3.05) is 7.11 Å². The van der Waals surface area contributed by atoms with Gasteiger partial charge in [0.2, 0.25) is 0 Å². The summed E-state index contributed by atoms with van der Waals surface area (Å²) < 4.78 is 5.14. The first-order valence-corrected chi connectivity index (χ1v) is 6.78. The maximum Gasteiger partial charge on any atom is 0.271 e. The molecule has 0 aliphatic heterocycles. The number of phenols is 1. The molecule has 0 aliphatic carbocycles. The summed E-state index contributed by atoms with van der Waals surface area (Å²) in [6.45, 7) is 0. The Balaban J connectivity index is 2.08. The lowest BCUT2D eigenvalue weighted by atomic mass is 10.00. The van der Waals surface area contributed by atoms with Crippen LogP contribution < -0.4 is 10.5 Å². The fourth-order valence-electron chi connectivity index (χ4n) is 2.28. The van der Waals surface area contributed by atoms with Crippen molar-refractivity contribution in [3.05, 3.63) is 48.2 Å². The number of nitrogens with two attached hydrogens (primary N) is 1. The van der Waals surface area contributed by atoms with E-state index in [4.69, 9.17) is 10.5 Å². The van der Waals surface area contributed by atoms with Crippen LogP contribution in [0.2, 0.25) is 0 Å². The Kier molecular flexibility index (Phi) is 3.68. The monoisotopic (exact) mass is 310 g/mol. The van der Waals surface area contributed by atoms with E-state index in [0.29, 0.717) is 5.56 Å². The SMILES string of the molecule is COc1ccc(-c2ccc(O)c(-c3n[nH]nc3C(N)=O)c2)cc1. The molecule has 0 aliphatic rings. The number of hydrogen-bond acceptors (Lipinski definition) is 5. The summed E-state index contributed by atoms with van der Waals surface area (Å²) in [6, 6.07) is 12.5. The van der Waals surface area contributed by atoms with Gasteiger partial charge in [-0.1, -0.05) is 18.2 Å². The number of H-pyrrole nitrogens is 1. The first-order chi connectivity index (χ1) is 11.1. The van der Waals surface area contributed by atoms with Crippen LogP contribution in [0.3, 0.4) is 0 Å². The van der Waals surface area contributed by atoms with E-state index in [1.54, 1.807) is 19.2 Å². The van der Waals surface area contributed by atoms with Gasteiger partial charge in [-0.15, -0.1) is 0 Å². The molecule has 116 valence electrons. The van der Waals surface area contributed by atoms with E-state index in [1.807, 2.05) is 24.3 Å². The van der Waals surface area contributed by atoms with Gasteiger partial charge in [0.15, 0.2) is 5.69 Å². The molecule has 2 aromatic carbocycles. The van der Waals surface area contributed by atoms with Crippen LogP contribution in [0.25, 0.3) is 22.4 Å². The van der Waals surface area contributed by atoms with Crippen LogP contribution >= 0.6 is 0 Å². The molecule has 0 unspecified atom stereocenters. The summed E-state index contributed by atoms with van der Waals surface area (Å²) in [6.07, 6.45) is 0. The molecule has 1 amide bonds. The van der Waals surface area contributed by atoms with E-state index in [-0.39, 0.29) is 17.1 Å². The minimum absolute atomic E-state index is 0.0151. The van der Waals surface area contributed by atoms with Crippen molar-refractivity contribution in [3.63, 3.8) is 0 Å². The van der Waals surface area contributed by atoms with Gasteiger partial charge in [0.05, 0.1) is 7.11 Å². The molecule has 0 bridgehead atoms. The third kappa shape index (κ3) is 2.71. The highest BCUT2D eigenvalue weighted by atomic mass is 16.5. The van der Waals surface area contributed by atoms with Crippen molar-refractivity contribution in [1.82, 2.24) is 15.4 Å². The number of amides is 1. The Morgan fingerprint density at radius 2 is 1.83 bits per heavy atom. The Hall–Kier alpha value is -3.35. The molecule has 0 saturated carbocycles. The van der Waals surface area contributed by atoms with E-state index in [0.717, 1.165) is 16.9 Å². The fraction of sp³-hybridized carbons (Fsp3) is 0.0625. The number of rotatable bonds is 4. The smallest absolute Gasteiger partial charge is 0.271 e. The first-order valence-electron chi connectivity index (χ1n) is 6.78. The third-order valence-corrected chi connectivity index (χ3v) is 3.46. The van der Waals surface area contributed by atoms with Crippen molar-refractivity contribution >= 4 is 5.91 Å². The van der Waals surface area contributed by atoms with Crippen LogP contribution in [0, 0.1) is 0 Å². The second-order valence-electron chi connectivity index (χ2n) is 4.85. The average molecular weight is 310 g/mol. The molecule has 7 heteroatoms. The molecule has 0 radical (unpaired) electrons. The number of ether oxygens (including phenoxy) is 1. The summed E-state index contributed by atoms with van der Waals surface area (Å²) in [4.78, 5) is 11.4. The minimum Gasteiger partial charge on any atom is -0.507 e.